The highest BCUT2D eigenvalue weighted by Crippen LogP contribution is 2.08. The van der Waals surface area contributed by atoms with Gasteiger partial charge in [-0.05, 0) is 13.8 Å². The van der Waals surface area contributed by atoms with Crippen molar-refractivity contribution in [1.29, 1.82) is 0 Å². The van der Waals surface area contributed by atoms with Crippen molar-refractivity contribution in [3.05, 3.63) is 0 Å². The fraction of sp³-hybridized carbons (Fsp3) is 0.857. The summed E-state index contributed by atoms with van der Waals surface area (Å²) in [4.78, 5) is 10.7. The molecule has 0 aliphatic carbocycles. The lowest BCUT2D eigenvalue weighted by Gasteiger charge is -2.14. The van der Waals surface area contributed by atoms with Gasteiger partial charge >= 0.3 is 0 Å². The molecule has 0 saturated heterocycles. The quantitative estimate of drug-likeness (QED) is 0.591. The maximum Gasteiger partial charge on any atom is 0.138 e. The zero-order chi connectivity index (χ0) is 8.20. The molecule has 0 aliphatic heterocycles. The molecule has 0 bridgehead atoms. The first kappa shape index (κ1) is 9.59. The second-order valence-corrected chi connectivity index (χ2v) is 3.00. The van der Waals surface area contributed by atoms with Gasteiger partial charge in [0.25, 0.3) is 0 Å². The smallest absolute Gasteiger partial charge is 0.138 e. The van der Waals surface area contributed by atoms with E-state index < -0.39 is 5.60 Å². The summed E-state index contributed by atoms with van der Waals surface area (Å²) in [5, 5.41) is 17.4. The average Bonchev–Trinajstić information content (AvgIpc) is 1.59. The van der Waals surface area contributed by atoms with Crippen molar-refractivity contribution in [3.8, 4) is 0 Å². The average molecular weight is 146 g/mol. The summed E-state index contributed by atoms with van der Waals surface area (Å²) in [6, 6.07) is 0. The first-order valence-corrected chi connectivity index (χ1v) is 3.30. The molecule has 60 valence electrons. The van der Waals surface area contributed by atoms with Crippen LogP contribution in [0.2, 0.25) is 0 Å². The number of Topliss-reactive ketones (excluding diaryl/α,β-unsaturated/α-hetero) is 1. The molecule has 0 rings (SSSR count). The summed E-state index contributed by atoms with van der Waals surface area (Å²) in [6.45, 7) is 3.01. The summed E-state index contributed by atoms with van der Waals surface area (Å²) in [5.74, 6) is -0.102. The van der Waals surface area contributed by atoms with Gasteiger partial charge in [-0.25, -0.2) is 0 Å². The van der Waals surface area contributed by atoms with Crippen molar-refractivity contribution in [1.82, 2.24) is 0 Å². The van der Waals surface area contributed by atoms with Crippen molar-refractivity contribution >= 4 is 5.78 Å². The van der Waals surface area contributed by atoms with E-state index in [2.05, 4.69) is 0 Å². The van der Waals surface area contributed by atoms with Gasteiger partial charge in [0.05, 0.1) is 5.60 Å². The number of hydrogen-bond donors (Lipinski definition) is 2. The van der Waals surface area contributed by atoms with E-state index in [4.69, 9.17) is 10.2 Å². The van der Waals surface area contributed by atoms with Crippen molar-refractivity contribution in [2.45, 2.75) is 32.3 Å². The molecule has 0 amide bonds. The van der Waals surface area contributed by atoms with Crippen molar-refractivity contribution < 1.29 is 15.0 Å². The topological polar surface area (TPSA) is 57.5 Å². The van der Waals surface area contributed by atoms with Gasteiger partial charge in [0.15, 0.2) is 0 Å². The molecule has 0 aromatic carbocycles. The normalized spacial score (nSPS) is 11.6. The predicted octanol–water partition coefficient (Wildman–Crippen LogP) is 0.0989. The first-order valence-electron chi connectivity index (χ1n) is 3.30. The summed E-state index contributed by atoms with van der Waals surface area (Å²) in [6.07, 6.45) is 0.261. The number of ketones is 1. The summed E-state index contributed by atoms with van der Waals surface area (Å²) in [7, 11) is 0. The molecule has 0 aliphatic rings. The zero-order valence-corrected chi connectivity index (χ0v) is 6.42. The molecule has 0 spiro atoms. The standard InChI is InChI=1S/C7H14O3/c1-7(2,10)5-6(9)3-4-8/h8,10H,3-5H2,1-2H3. The molecule has 0 aromatic rings. The third-order valence-corrected chi connectivity index (χ3v) is 1.02. The fourth-order valence-corrected chi connectivity index (χ4v) is 0.696. The Balaban J connectivity index is 3.58. The minimum absolute atomic E-state index is 0.102. The molecular formula is C7H14O3. The first-order chi connectivity index (χ1) is 4.45. The molecule has 0 unspecified atom stereocenters. The van der Waals surface area contributed by atoms with Crippen LogP contribution in [0.4, 0.5) is 0 Å². The van der Waals surface area contributed by atoms with E-state index in [0.717, 1.165) is 0 Å². The minimum Gasteiger partial charge on any atom is -0.396 e. The lowest BCUT2D eigenvalue weighted by Crippen LogP contribution is -2.23. The molecule has 3 heteroatoms. The molecule has 0 radical (unpaired) electrons. The van der Waals surface area contributed by atoms with Crippen molar-refractivity contribution in [3.63, 3.8) is 0 Å². The highest BCUT2D eigenvalue weighted by molar-refractivity contribution is 5.79. The number of carbonyl (C=O) groups excluding carboxylic acids is 1. The van der Waals surface area contributed by atoms with Gasteiger partial charge < -0.3 is 10.2 Å². The highest BCUT2D eigenvalue weighted by atomic mass is 16.3. The van der Waals surface area contributed by atoms with Gasteiger partial charge in [0.1, 0.15) is 5.78 Å². The van der Waals surface area contributed by atoms with Crippen LogP contribution in [-0.4, -0.2) is 28.2 Å². The van der Waals surface area contributed by atoms with Crippen molar-refractivity contribution in [2.75, 3.05) is 6.61 Å². The van der Waals surface area contributed by atoms with Crippen LogP contribution in [0.15, 0.2) is 0 Å². The number of aliphatic hydroxyl groups excluding tert-OH is 1. The van der Waals surface area contributed by atoms with Gasteiger partial charge in [-0.15, -0.1) is 0 Å². The third kappa shape index (κ3) is 5.72. The molecule has 10 heavy (non-hydrogen) atoms. The van der Waals surface area contributed by atoms with Crippen molar-refractivity contribution in [2.24, 2.45) is 0 Å². The second kappa shape index (κ2) is 3.68. The molecule has 0 heterocycles. The van der Waals surface area contributed by atoms with E-state index in [1.807, 2.05) is 0 Å². The third-order valence-electron chi connectivity index (χ3n) is 1.02. The number of rotatable bonds is 4. The van der Waals surface area contributed by atoms with Crippen LogP contribution in [0.1, 0.15) is 26.7 Å². The summed E-state index contributed by atoms with van der Waals surface area (Å²) < 4.78 is 0. The summed E-state index contributed by atoms with van der Waals surface area (Å²) in [5.41, 5.74) is -0.938. The van der Waals surface area contributed by atoms with E-state index in [9.17, 15) is 4.79 Å². The van der Waals surface area contributed by atoms with Gasteiger partial charge in [-0.2, -0.15) is 0 Å². The van der Waals surface area contributed by atoms with E-state index in [1.165, 1.54) is 0 Å². The zero-order valence-electron chi connectivity index (χ0n) is 6.42. The number of aliphatic hydroxyl groups is 2. The minimum atomic E-state index is -0.938. The van der Waals surface area contributed by atoms with Crippen LogP contribution >= 0.6 is 0 Å². The molecular weight excluding hydrogens is 132 g/mol. The van der Waals surface area contributed by atoms with Gasteiger partial charge in [-0.1, -0.05) is 0 Å². The Morgan fingerprint density at radius 3 is 2.30 bits per heavy atom. The molecule has 0 aromatic heterocycles. The van der Waals surface area contributed by atoms with Crippen LogP contribution in [0.5, 0.6) is 0 Å². The maximum atomic E-state index is 10.7. The molecule has 2 N–H and O–H groups in total. The summed E-state index contributed by atoms with van der Waals surface area (Å²) >= 11 is 0. The lowest BCUT2D eigenvalue weighted by molar-refractivity contribution is -0.123. The lowest BCUT2D eigenvalue weighted by atomic mass is 10.0. The fourth-order valence-electron chi connectivity index (χ4n) is 0.696. The van der Waals surface area contributed by atoms with Gasteiger partial charge in [-0.3, -0.25) is 4.79 Å². The van der Waals surface area contributed by atoms with E-state index in [1.54, 1.807) is 13.8 Å². The SMILES string of the molecule is CC(C)(O)CC(=O)CCO. The van der Waals surface area contributed by atoms with E-state index in [-0.39, 0.29) is 25.2 Å². The number of carbonyl (C=O) groups is 1. The molecule has 0 saturated carbocycles. The van der Waals surface area contributed by atoms with Crippen LogP contribution in [0, 0.1) is 0 Å². The Kier molecular flexibility index (Phi) is 3.53. The Labute approximate surface area is 60.7 Å². The Morgan fingerprint density at radius 1 is 1.50 bits per heavy atom. The molecule has 0 fully saturated rings. The Hall–Kier alpha value is -0.410. The Morgan fingerprint density at radius 2 is 2.00 bits per heavy atom. The van der Waals surface area contributed by atoms with Crippen LogP contribution in [0.3, 0.4) is 0 Å². The Bertz CT molecular complexity index is 113. The van der Waals surface area contributed by atoms with E-state index >= 15 is 0 Å². The van der Waals surface area contributed by atoms with Crippen LogP contribution in [0.25, 0.3) is 0 Å². The predicted molar refractivity (Wildman–Crippen MR) is 37.6 cm³/mol. The van der Waals surface area contributed by atoms with Crippen LogP contribution < -0.4 is 0 Å². The van der Waals surface area contributed by atoms with Crippen LogP contribution in [-0.2, 0) is 4.79 Å². The molecule has 3 nitrogen and oxygen atoms in total. The maximum absolute atomic E-state index is 10.7. The molecule has 0 atom stereocenters. The van der Waals surface area contributed by atoms with Gasteiger partial charge in [0, 0.05) is 19.4 Å². The van der Waals surface area contributed by atoms with Gasteiger partial charge in [0.2, 0.25) is 0 Å². The van der Waals surface area contributed by atoms with E-state index in [0.29, 0.717) is 0 Å². The highest BCUT2D eigenvalue weighted by Gasteiger charge is 2.16. The number of hydrogen-bond acceptors (Lipinski definition) is 3. The second-order valence-electron chi connectivity index (χ2n) is 3.00. The largest absolute Gasteiger partial charge is 0.396 e. The monoisotopic (exact) mass is 146 g/mol.